The summed E-state index contributed by atoms with van der Waals surface area (Å²) >= 11 is 1.78. The summed E-state index contributed by atoms with van der Waals surface area (Å²) < 4.78 is 13.7. The van der Waals surface area contributed by atoms with E-state index in [-0.39, 0.29) is 11.7 Å². The zero-order valence-corrected chi connectivity index (χ0v) is 20.1. The van der Waals surface area contributed by atoms with Gasteiger partial charge in [-0.25, -0.2) is 0 Å². The first kappa shape index (κ1) is 22.5. The number of hydrogen-bond acceptors (Lipinski definition) is 4. The highest BCUT2D eigenvalue weighted by atomic mass is 32.2. The van der Waals surface area contributed by atoms with Gasteiger partial charge in [0, 0.05) is 0 Å². The van der Waals surface area contributed by atoms with Crippen LogP contribution in [0, 0.1) is 11.3 Å². The summed E-state index contributed by atoms with van der Waals surface area (Å²) in [5.74, 6) is 0. The largest absolute Gasteiger partial charge is 0.397 e. The van der Waals surface area contributed by atoms with Crippen LogP contribution in [0.5, 0.6) is 0 Å². The number of rotatable bonds is 7. The number of thioether (sulfide) groups is 1. The molecule has 27 heavy (non-hydrogen) atoms. The van der Waals surface area contributed by atoms with Crippen LogP contribution >= 0.6 is 11.8 Å². The molecule has 0 N–H and O–H groups in total. The fraction of sp³-hybridized carbons (Fsp3) is 0.682. The molecule has 1 aromatic rings. The van der Waals surface area contributed by atoms with E-state index in [1.165, 1.54) is 0 Å². The maximum atomic E-state index is 9.10. The Balaban J connectivity index is 2.53. The first-order valence-electron chi connectivity index (χ1n) is 9.91. The molecule has 0 unspecified atom stereocenters. The summed E-state index contributed by atoms with van der Waals surface area (Å²) in [5.41, 5.74) is 2.92. The van der Waals surface area contributed by atoms with Gasteiger partial charge in [0.25, 0.3) is 0 Å². The Morgan fingerprint density at radius 1 is 1.04 bits per heavy atom. The van der Waals surface area contributed by atoms with Crippen molar-refractivity contribution < 1.29 is 9.16 Å². The number of ether oxygens (including phenoxy) is 1. The molecule has 1 aliphatic heterocycles. The van der Waals surface area contributed by atoms with Gasteiger partial charge in [-0.05, 0) is 54.4 Å². The quantitative estimate of drug-likeness (QED) is 0.376. The second-order valence-corrected chi connectivity index (χ2v) is 15.4. The molecule has 0 saturated carbocycles. The van der Waals surface area contributed by atoms with E-state index in [0.717, 1.165) is 5.56 Å². The molecule has 0 spiro atoms. The van der Waals surface area contributed by atoms with E-state index in [1.807, 2.05) is 24.3 Å². The maximum absolute atomic E-state index is 9.10. The highest BCUT2D eigenvalue weighted by Gasteiger charge is 2.67. The van der Waals surface area contributed by atoms with Crippen LogP contribution in [-0.4, -0.2) is 25.1 Å². The first-order valence-corrected chi connectivity index (χ1v) is 13.3. The monoisotopic (exact) mass is 405 g/mol. The normalized spacial score (nSPS) is 24.9. The predicted octanol–water partition coefficient (Wildman–Crippen LogP) is 6.66. The lowest BCUT2D eigenvalue weighted by Crippen LogP contribution is -2.70. The zero-order chi connectivity index (χ0) is 20.6. The maximum Gasteiger partial charge on any atom is 0.202 e. The Hall–Kier alpha value is -0.803. The Morgan fingerprint density at radius 2 is 1.52 bits per heavy atom. The first-order chi connectivity index (χ1) is 12.5. The summed E-state index contributed by atoms with van der Waals surface area (Å²) in [6.07, 6.45) is 2.01. The second kappa shape index (κ2) is 7.91. The molecule has 1 aliphatic rings. The lowest BCUT2D eigenvalue weighted by Gasteiger charge is -2.64. The van der Waals surface area contributed by atoms with Crippen molar-refractivity contribution in [2.75, 3.05) is 6.26 Å². The standard InChI is InChI=1S/C22H35NO2SSi/c1-15(2)27(16(3)4,17(5)6)25-22(26-9)20(24-21(22,7)8)19-12-10-18(14-23)11-13-19/h10-13,15-17,20H,1-9H3/t20-,22+/m1/s1. The van der Waals surface area contributed by atoms with Gasteiger partial charge in [0.05, 0.1) is 11.6 Å². The van der Waals surface area contributed by atoms with Crippen LogP contribution in [-0.2, 0) is 9.16 Å². The molecule has 3 nitrogen and oxygen atoms in total. The van der Waals surface area contributed by atoms with Gasteiger partial charge < -0.3 is 9.16 Å². The summed E-state index contributed by atoms with van der Waals surface area (Å²) in [4.78, 5) is -0.424. The van der Waals surface area contributed by atoms with Crippen LogP contribution in [0.25, 0.3) is 0 Å². The molecule has 1 heterocycles. The summed E-state index contributed by atoms with van der Waals surface area (Å²) in [5, 5.41) is 9.10. The lowest BCUT2D eigenvalue weighted by atomic mass is 9.84. The van der Waals surface area contributed by atoms with Crippen molar-refractivity contribution in [1.29, 1.82) is 5.26 Å². The van der Waals surface area contributed by atoms with Crippen molar-refractivity contribution in [1.82, 2.24) is 0 Å². The SMILES string of the molecule is CS[C@@]1(O[Si](C(C)C)(C(C)C)C(C)C)[C@@H](c2ccc(C#N)cc2)OC1(C)C. The minimum atomic E-state index is -2.09. The van der Waals surface area contributed by atoms with Crippen LogP contribution in [0.4, 0.5) is 0 Å². The Kier molecular flexibility index (Phi) is 6.58. The minimum Gasteiger partial charge on any atom is -0.397 e. The van der Waals surface area contributed by atoms with Crippen molar-refractivity contribution in [2.24, 2.45) is 0 Å². The smallest absolute Gasteiger partial charge is 0.202 e. The molecule has 1 saturated heterocycles. The molecular formula is C22H35NO2SSi. The third-order valence-electron chi connectivity index (χ3n) is 6.28. The van der Waals surface area contributed by atoms with Gasteiger partial charge in [0.15, 0.2) is 4.93 Å². The molecule has 0 radical (unpaired) electrons. The molecule has 0 aliphatic carbocycles. The third-order valence-corrected chi connectivity index (χ3v) is 13.9. The number of hydrogen-bond donors (Lipinski definition) is 0. The van der Waals surface area contributed by atoms with Crippen molar-refractivity contribution in [2.45, 2.75) is 88.7 Å². The molecule has 1 aromatic carbocycles. The summed E-state index contributed by atoms with van der Waals surface area (Å²) in [6, 6.07) is 9.95. The number of nitrogens with zero attached hydrogens (tertiary/aromatic N) is 1. The van der Waals surface area contributed by atoms with Gasteiger partial charge in [-0.15, -0.1) is 11.8 Å². The number of nitriles is 1. The molecule has 1 fully saturated rings. The molecule has 5 heteroatoms. The zero-order valence-electron chi connectivity index (χ0n) is 18.3. The highest BCUT2D eigenvalue weighted by molar-refractivity contribution is 8.00. The van der Waals surface area contributed by atoms with Crippen LogP contribution in [0.15, 0.2) is 24.3 Å². The van der Waals surface area contributed by atoms with Crippen LogP contribution < -0.4 is 0 Å². The van der Waals surface area contributed by atoms with Crippen LogP contribution in [0.1, 0.15) is 72.6 Å². The van der Waals surface area contributed by atoms with Crippen molar-refractivity contribution in [3.8, 4) is 6.07 Å². The van der Waals surface area contributed by atoms with Gasteiger partial charge in [-0.3, -0.25) is 0 Å². The van der Waals surface area contributed by atoms with Crippen molar-refractivity contribution in [3.05, 3.63) is 35.4 Å². The topological polar surface area (TPSA) is 42.2 Å². The van der Waals surface area contributed by atoms with Gasteiger partial charge in [-0.2, -0.15) is 5.26 Å². The van der Waals surface area contributed by atoms with Crippen LogP contribution in [0.3, 0.4) is 0 Å². The van der Waals surface area contributed by atoms with Gasteiger partial charge in [0.1, 0.15) is 11.7 Å². The van der Waals surface area contributed by atoms with E-state index in [1.54, 1.807) is 11.8 Å². The molecule has 0 aromatic heterocycles. The molecular weight excluding hydrogens is 370 g/mol. The van der Waals surface area contributed by atoms with E-state index in [0.29, 0.717) is 22.2 Å². The molecule has 2 atom stereocenters. The van der Waals surface area contributed by atoms with E-state index in [4.69, 9.17) is 14.4 Å². The van der Waals surface area contributed by atoms with Crippen molar-refractivity contribution in [3.63, 3.8) is 0 Å². The summed E-state index contributed by atoms with van der Waals surface area (Å²) in [6.45, 7) is 18.2. The molecule has 0 bridgehead atoms. The number of benzene rings is 1. The fourth-order valence-corrected chi connectivity index (χ4v) is 12.2. The van der Waals surface area contributed by atoms with E-state index >= 15 is 0 Å². The molecule has 2 rings (SSSR count). The fourth-order valence-electron chi connectivity index (χ4n) is 4.92. The van der Waals surface area contributed by atoms with E-state index < -0.39 is 13.3 Å². The van der Waals surface area contributed by atoms with Gasteiger partial charge in [0.2, 0.25) is 8.32 Å². The minimum absolute atomic E-state index is 0.127. The van der Waals surface area contributed by atoms with Gasteiger partial charge in [-0.1, -0.05) is 53.7 Å². The third kappa shape index (κ3) is 3.50. The molecule has 150 valence electrons. The Bertz CT molecular complexity index is 671. The Labute approximate surface area is 171 Å². The van der Waals surface area contributed by atoms with Crippen LogP contribution in [0.2, 0.25) is 16.6 Å². The summed E-state index contributed by atoms with van der Waals surface area (Å²) in [7, 11) is -2.09. The molecule has 0 amide bonds. The van der Waals surface area contributed by atoms with E-state index in [9.17, 15) is 0 Å². The second-order valence-electron chi connectivity index (χ2n) is 9.03. The average Bonchev–Trinajstić information content (AvgIpc) is 2.60. The Morgan fingerprint density at radius 3 is 1.85 bits per heavy atom. The average molecular weight is 406 g/mol. The lowest BCUT2D eigenvalue weighted by molar-refractivity contribution is -0.291. The predicted molar refractivity (Wildman–Crippen MR) is 117 cm³/mol. The van der Waals surface area contributed by atoms with E-state index in [2.05, 4.69) is 67.7 Å². The van der Waals surface area contributed by atoms with Crippen molar-refractivity contribution >= 4 is 20.1 Å². The van der Waals surface area contributed by atoms with Gasteiger partial charge >= 0.3 is 0 Å². The highest BCUT2D eigenvalue weighted by Crippen LogP contribution is 2.62.